The van der Waals surface area contributed by atoms with E-state index in [4.69, 9.17) is 0 Å². The molecule has 1 fully saturated rings. The summed E-state index contributed by atoms with van der Waals surface area (Å²) in [6.07, 6.45) is 0.789. The van der Waals surface area contributed by atoms with E-state index in [0.29, 0.717) is 31.9 Å². The maximum Gasteiger partial charge on any atom is 0.346 e. The molecule has 1 aromatic carbocycles. The third kappa shape index (κ3) is 3.51. The maximum atomic E-state index is 12.8. The zero-order valence-corrected chi connectivity index (χ0v) is 15.2. The summed E-state index contributed by atoms with van der Waals surface area (Å²) >= 11 is 0. The molecule has 0 bridgehead atoms. The highest BCUT2D eigenvalue weighted by Crippen LogP contribution is 2.26. The first-order valence-electron chi connectivity index (χ1n) is 8.57. The number of aromatic amines is 1. The molecule has 2 aromatic rings. The molecule has 1 aliphatic heterocycles. The number of aryl methyl sites for hydroxylation is 3. The number of hydrogen-bond donors (Lipinski definition) is 1. The van der Waals surface area contributed by atoms with E-state index >= 15 is 0 Å². The lowest BCUT2D eigenvalue weighted by Gasteiger charge is -2.32. The van der Waals surface area contributed by atoms with Gasteiger partial charge in [0.25, 0.3) is 5.91 Å². The van der Waals surface area contributed by atoms with Crippen LogP contribution in [0.1, 0.15) is 27.2 Å². The molecule has 26 heavy (non-hydrogen) atoms. The highest BCUT2D eigenvalue weighted by Gasteiger charge is 2.23. The van der Waals surface area contributed by atoms with Gasteiger partial charge in [0.15, 0.2) is 0 Å². The Morgan fingerprint density at radius 2 is 1.69 bits per heavy atom. The summed E-state index contributed by atoms with van der Waals surface area (Å²) < 4.78 is 0. The first-order chi connectivity index (χ1) is 12.4. The SMILES string of the molecule is Cc1cc(C)c(-c2cc(C(=O)N3CCN(C=O)CC3)[nH]c(=O)n2)c(C)c1. The molecule has 1 saturated heterocycles. The van der Waals surface area contributed by atoms with Gasteiger partial charge in [0.05, 0.1) is 5.69 Å². The van der Waals surface area contributed by atoms with Crippen molar-refractivity contribution >= 4 is 12.3 Å². The second kappa shape index (κ2) is 7.11. The van der Waals surface area contributed by atoms with Gasteiger partial charge in [0.1, 0.15) is 5.69 Å². The van der Waals surface area contributed by atoms with Crippen LogP contribution in [0.4, 0.5) is 0 Å². The smallest absolute Gasteiger partial charge is 0.342 e. The number of benzene rings is 1. The average Bonchev–Trinajstić information content (AvgIpc) is 2.60. The van der Waals surface area contributed by atoms with Crippen LogP contribution in [0.15, 0.2) is 23.0 Å². The first kappa shape index (κ1) is 17.8. The zero-order valence-electron chi connectivity index (χ0n) is 15.2. The summed E-state index contributed by atoms with van der Waals surface area (Å²) in [4.78, 5) is 45.5. The van der Waals surface area contributed by atoms with Crippen LogP contribution in [0.3, 0.4) is 0 Å². The lowest BCUT2D eigenvalue weighted by Crippen LogP contribution is -2.48. The summed E-state index contributed by atoms with van der Waals surface area (Å²) in [5.74, 6) is -0.251. The standard InChI is InChI=1S/C19H22N4O3/c1-12-8-13(2)17(14(3)9-12)15-10-16(21-19(26)20-15)18(25)23-6-4-22(11-24)5-7-23/h8-11H,4-7H2,1-3H3,(H,20,21,26). The van der Waals surface area contributed by atoms with E-state index in [1.807, 2.05) is 32.9 Å². The van der Waals surface area contributed by atoms with Gasteiger partial charge in [-0.1, -0.05) is 17.7 Å². The van der Waals surface area contributed by atoms with E-state index in [2.05, 4.69) is 9.97 Å². The van der Waals surface area contributed by atoms with Gasteiger partial charge < -0.3 is 14.8 Å². The summed E-state index contributed by atoms with van der Waals surface area (Å²) in [5, 5.41) is 0. The predicted molar refractivity (Wildman–Crippen MR) is 98.0 cm³/mol. The number of carbonyl (C=O) groups excluding carboxylic acids is 2. The molecule has 0 radical (unpaired) electrons. The topological polar surface area (TPSA) is 86.4 Å². The lowest BCUT2D eigenvalue weighted by molar-refractivity contribution is -0.119. The Bertz CT molecular complexity index is 888. The normalized spacial score (nSPS) is 14.4. The van der Waals surface area contributed by atoms with Crippen molar-refractivity contribution in [2.24, 2.45) is 0 Å². The number of hydrogen-bond acceptors (Lipinski definition) is 4. The number of H-pyrrole nitrogens is 1. The Morgan fingerprint density at radius 1 is 1.08 bits per heavy atom. The van der Waals surface area contributed by atoms with Crippen molar-refractivity contribution in [2.45, 2.75) is 20.8 Å². The number of nitrogens with one attached hydrogen (secondary N) is 1. The molecule has 3 rings (SSSR count). The third-order valence-corrected chi connectivity index (χ3v) is 4.66. The average molecular weight is 354 g/mol. The zero-order chi connectivity index (χ0) is 18.8. The van der Waals surface area contributed by atoms with E-state index in [1.165, 1.54) is 0 Å². The molecule has 136 valence electrons. The number of piperazine rings is 1. The Labute approximate surface area is 151 Å². The number of nitrogens with zero attached hydrogens (tertiary/aromatic N) is 3. The van der Waals surface area contributed by atoms with E-state index in [9.17, 15) is 14.4 Å². The molecular weight excluding hydrogens is 332 g/mol. The van der Waals surface area contributed by atoms with E-state index in [-0.39, 0.29) is 11.6 Å². The molecule has 0 saturated carbocycles. The van der Waals surface area contributed by atoms with Crippen molar-refractivity contribution < 1.29 is 9.59 Å². The van der Waals surface area contributed by atoms with Gasteiger partial charge in [0, 0.05) is 31.7 Å². The molecule has 1 N–H and O–H groups in total. The minimum atomic E-state index is -0.545. The molecule has 0 atom stereocenters. The number of amides is 2. The minimum absolute atomic E-state index is 0.221. The number of carbonyl (C=O) groups is 2. The van der Waals surface area contributed by atoms with Crippen LogP contribution in [-0.4, -0.2) is 58.3 Å². The van der Waals surface area contributed by atoms with Gasteiger partial charge >= 0.3 is 5.69 Å². The van der Waals surface area contributed by atoms with E-state index in [1.54, 1.807) is 15.9 Å². The van der Waals surface area contributed by atoms with Gasteiger partial charge in [0.2, 0.25) is 6.41 Å². The van der Waals surface area contributed by atoms with Crippen LogP contribution in [0.2, 0.25) is 0 Å². The second-order valence-electron chi connectivity index (χ2n) is 6.69. The Hall–Kier alpha value is -2.96. The molecule has 2 amide bonds. The molecular formula is C19H22N4O3. The molecule has 0 spiro atoms. The Morgan fingerprint density at radius 3 is 2.27 bits per heavy atom. The Balaban J connectivity index is 1.95. The molecule has 2 heterocycles. The van der Waals surface area contributed by atoms with Crippen LogP contribution < -0.4 is 5.69 Å². The molecule has 0 unspecified atom stereocenters. The van der Waals surface area contributed by atoms with Gasteiger partial charge in [-0.2, -0.15) is 4.98 Å². The summed E-state index contributed by atoms with van der Waals surface area (Å²) in [6.45, 7) is 7.83. The van der Waals surface area contributed by atoms with E-state index in [0.717, 1.165) is 28.7 Å². The van der Waals surface area contributed by atoms with Crippen LogP contribution in [-0.2, 0) is 4.79 Å². The van der Waals surface area contributed by atoms with Crippen molar-refractivity contribution in [1.82, 2.24) is 19.8 Å². The van der Waals surface area contributed by atoms with Crippen molar-refractivity contribution in [3.8, 4) is 11.3 Å². The highest BCUT2D eigenvalue weighted by atomic mass is 16.2. The van der Waals surface area contributed by atoms with Crippen molar-refractivity contribution in [2.75, 3.05) is 26.2 Å². The highest BCUT2D eigenvalue weighted by molar-refractivity contribution is 5.93. The molecule has 7 nitrogen and oxygen atoms in total. The van der Waals surface area contributed by atoms with E-state index < -0.39 is 5.69 Å². The van der Waals surface area contributed by atoms with Crippen LogP contribution in [0, 0.1) is 20.8 Å². The van der Waals surface area contributed by atoms with Crippen molar-refractivity contribution in [3.05, 3.63) is 51.1 Å². The van der Waals surface area contributed by atoms with Crippen LogP contribution in [0.5, 0.6) is 0 Å². The maximum absolute atomic E-state index is 12.8. The fourth-order valence-corrected chi connectivity index (χ4v) is 3.49. The monoisotopic (exact) mass is 354 g/mol. The predicted octanol–water partition coefficient (Wildman–Crippen LogP) is 1.28. The molecule has 7 heteroatoms. The fourth-order valence-electron chi connectivity index (χ4n) is 3.49. The Kier molecular flexibility index (Phi) is 4.88. The number of rotatable bonds is 3. The quantitative estimate of drug-likeness (QED) is 0.841. The molecule has 1 aromatic heterocycles. The number of aromatic nitrogens is 2. The van der Waals surface area contributed by atoms with Crippen molar-refractivity contribution in [3.63, 3.8) is 0 Å². The second-order valence-corrected chi connectivity index (χ2v) is 6.69. The third-order valence-electron chi connectivity index (χ3n) is 4.66. The fraction of sp³-hybridized carbons (Fsp3) is 0.368. The molecule has 1 aliphatic rings. The van der Waals surface area contributed by atoms with Crippen LogP contribution in [0.25, 0.3) is 11.3 Å². The minimum Gasteiger partial charge on any atom is -0.342 e. The summed E-state index contributed by atoms with van der Waals surface area (Å²) in [6, 6.07) is 5.71. The lowest BCUT2D eigenvalue weighted by atomic mass is 9.97. The summed E-state index contributed by atoms with van der Waals surface area (Å²) in [7, 11) is 0. The van der Waals surface area contributed by atoms with Gasteiger partial charge in [-0.05, 0) is 38.0 Å². The van der Waals surface area contributed by atoms with Crippen LogP contribution >= 0.6 is 0 Å². The van der Waals surface area contributed by atoms with Gasteiger partial charge in [-0.25, -0.2) is 4.79 Å². The summed E-state index contributed by atoms with van der Waals surface area (Å²) in [5.41, 5.74) is 4.21. The van der Waals surface area contributed by atoms with Gasteiger partial charge in [-0.3, -0.25) is 9.59 Å². The largest absolute Gasteiger partial charge is 0.346 e. The van der Waals surface area contributed by atoms with Gasteiger partial charge in [-0.15, -0.1) is 0 Å². The first-order valence-corrected chi connectivity index (χ1v) is 8.57. The van der Waals surface area contributed by atoms with Crippen molar-refractivity contribution in [1.29, 1.82) is 0 Å². The molecule has 0 aliphatic carbocycles.